The number of nitrogens with two attached hydrogens (primary N) is 1. The summed E-state index contributed by atoms with van der Waals surface area (Å²) in [4.78, 5) is 19.1. The summed E-state index contributed by atoms with van der Waals surface area (Å²) in [6, 6.07) is 0. The van der Waals surface area contributed by atoms with Gasteiger partial charge in [0.1, 0.15) is 5.01 Å². The molecule has 6 heteroatoms. The van der Waals surface area contributed by atoms with Gasteiger partial charge in [-0.15, -0.1) is 11.3 Å². The highest BCUT2D eigenvalue weighted by Gasteiger charge is 2.16. The van der Waals surface area contributed by atoms with E-state index in [1.165, 1.54) is 4.88 Å². The van der Waals surface area contributed by atoms with Gasteiger partial charge in [0.2, 0.25) is 5.91 Å². The van der Waals surface area contributed by atoms with Crippen LogP contribution in [0.5, 0.6) is 0 Å². The molecule has 1 rings (SSSR count). The van der Waals surface area contributed by atoms with Gasteiger partial charge < -0.3 is 15.4 Å². The first-order valence-electron chi connectivity index (χ1n) is 6.01. The minimum atomic E-state index is -0.206. The smallest absolute Gasteiger partial charge is 0.225 e. The summed E-state index contributed by atoms with van der Waals surface area (Å²) in [5.74, 6) is 0.0283. The first-order valence-corrected chi connectivity index (χ1v) is 6.82. The van der Waals surface area contributed by atoms with Gasteiger partial charge in [-0.25, -0.2) is 4.98 Å². The van der Waals surface area contributed by atoms with E-state index in [1.54, 1.807) is 30.4 Å². The van der Waals surface area contributed by atoms with E-state index in [4.69, 9.17) is 10.5 Å². The molecule has 1 amide bonds. The van der Waals surface area contributed by atoms with Crippen molar-refractivity contribution in [2.45, 2.75) is 32.4 Å². The third-order valence-corrected chi connectivity index (χ3v) is 3.87. The van der Waals surface area contributed by atoms with Gasteiger partial charge in [-0.3, -0.25) is 4.79 Å². The molecule has 0 fully saturated rings. The number of hydrogen-bond acceptors (Lipinski definition) is 5. The standard InChI is InChI=1S/C12H21N3O2S/c1-4-10-7-14-11(18-10)8-15(2)12(16)5-9(6-13)17-3/h7,9H,4-6,8,13H2,1-3H3. The Balaban J connectivity index is 2.48. The second-order valence-electron chi connectivity index (χ2n) is 4.12. The summed E-state index contributed by atoms with van der Waals surface area (Å²) >= 11 is 1.65. The van der Waals surface area contributed by atoms with E-state index in [1.807, 2.05) is 6.20 Å². The normalized spacial score (nSPS) is 12.4. The zero-order valence-electron chi connectivity index (χ0n) is 11.2. The molecular formula is C12H21N3O2S. The number of hydrogen-bond donors (Lipinski definition) is 1. The Labute approximate surface area is 112 Å². The van der Waals surface area contributed by atoms with Gasteiger partial charge in [0.05, 0.1) is 19.1 Å². The molecule has 0 aliphatic rings. The van der Waals surface area contributed by atoms with Crippen LogP contribution in [0.25, 0.3) is 0 Å². The summed E-state index contributed by atoms with van der Waals surface area (Å²) in [5.41, 5.74) is 5.50. The van der Waals surface area contributed by atoms with Gasteiger partial charge >= 0.3 is 0 Å². The van der Waals surface area contributed by atoms with Crippen LogP contribution in [0.4, 0.5) is 0 Å². The molecule has 0 aliphatic carbocycles. The van der Waals surface area contributed by atoms with Gasteiger partial charge in [0, 0.05) is 31.8 Å². The molecule has 102 valence electrons. The molecule has 0 aliphatic heterocycles. The Kier molecular flexibility index (Phi) is 6.24. The summed E-state index contributed by atoms with van der Waals surface area (Å²) in [7, 11) is 3.34. The molecule has 18 heavy (non-hydrogen) atoms. The van der Waals surface area contributed by atoms with E-state index in [9.17, 15) is 4.79 Å². The number of amides is 1. The monoisotopic (exact) mass is 271 g/mol. The second-order valence-corrected chi connectivity index (χ2v) is 5.32. The van der Waals surface area contributed by atoms with Crippen molar-refractivity contribution in [3.8, 4) is 0 Å². The average molecular weight is 271 g/mol. The minimum Gasteiger partial charge on any atom is -0.380 e. The maximum absolute atomic E-state index is 11.9. The quantitative estimate of drug-likeness (QED) is 0.804. The number of methoxy groups -OCH3 is 1. The number of nitrogens with zero attached hydrogens (tertiary/aromatic N) is 2. The van der Waals surface area contributed by atoms with E-state index in [-0.39, 0.29) is 12.0 Å². The van der Waals surface area contributed by atoms with Gasteiger partial charge in [-0.05, 0) is 6.42 Å². The highest BCUT2D eigenvalue weighted by Crippen LogP contribution is 2.15. The van der Waals surface area contributed by atoms with Crippen LogP contribution in [-0.4, -0.2) is 42.6 Å². The predicted octanol–water partition coefficient (Wildman–Crippen LogP) is 1.03. The lowest BCUT2D eigenvalue weighted by Gasteiger charge is -2.19. The van der Waals surface area contributed by atoms with Gasteiger partial charge in [-0.1, -0.05) is 6.92 Å². The van der Waals surface area contributed by atoms with Crippen LogP contribution in [0, 0.1) is 0 Å². The number of carbonyl (C=O) groups is 1. The number of aromatic nitrogens is 1. The highest BCUT2D eigenvalue weighted by molar-refractivity contribution is 7.11. The van der Waals surface area contributed by atoms with Crippen molar-refractivity contribution in [1.29, 1.82) is 0 Å². The molecule has 0 saturated heterocycles. The number of carbonyl (C=O) groups excluding carboxylic acids is 1. The Morgan fingerprint density at radius 1 is 1.67 bits per heavy atom. The molecule has 1 aromatic heterocycles. The third kappa shape index (κ3) is 4.36. The van der Waals surface area contributed by atoms with E-state index >= 15 is 0 Å². The average Bonchev–Trinajstić information content (AvgIpc) is 2.83. The van der Waals surface area contributed by atoms with E-state index in [0.29, 0.717) is 19.5 Å². The van der Waals surface area contributed by atoms with E-state index < -0.39 is 0 Å². The molecule has 0 spiro atoms. The van der Waals surface area contributed by atoms with Crippen molar-refractivity contribution in [3.63, 3.8) is 0 Å². The van der Waals surface area contributed by atoms with Crippen molar-refractivity contribution < 1.29 is 9.53 Å². The number of aryl methyl sites for hydroxylation is 1. The lowest BCUT2D eigenvalue weighted by Crippen LogP contribution is -2.33. The number of ether oxygens (including phenoxy) is 1. The first kappa shape index (κ1) is 15.1. The fraction of sp³-hybridized carbons (Fsp3) is 0.667. The number of rotatable bonds is 7. The van der Waals surface area contributed by atoms with Crippen LogP contribution < -0.4 is 5.73 Å². The van der Waals surface area contributed by atoms with E-state index in [2.05, 4.69) is 11.9 Å². The van der Waals surface area contributed by atoms with Crippen LogP contribution in [-0.2, 0) is 22.5 Å². The summed E-state index contributed by atoms with van der Waals surface area (Å²) in [5, 5.41) is 0.962. The van der Waals surface area contributed by atoms with Crippen molar-refractivity contribution >= 4 is 17.2 Å². The van der Waals surface area contributed by atoms with Crippen molar-refractivity contribution in [1.82, 2.24) is 9.88 Å². The molecule has 1 heterocycles. The van der Waals surface area contributed by atoms with Crippen LogP contribution in [0.2, 0.25) is 0 Å². The topological polar surface area (TPSA) is 68.5 Å². The van der Waals surface area contributed by atoms with Crippen molar-refractivity contribution in [3.05, 3.63) is 16.1 Å². The highest BCUT2D eigenvalue weighted by atomic mass is 32.1. The molecule has 1 aromatic rings. The van der Waals surface area contributed by atoms with E-state index in [0.717, 1.165) is 11.4 Å². The molecule has 1 atom stereocenters. The van der Waals surface area contributed by atoms with Crippen LogP contribution in [0.3, 0.4) is 0 Å². The predicted molar refractivity (Wildman–Crippen MR) is 72.4 cm³/mol. The Morgan fingerprint density at radius 3 is 2.89 bits per heavy atom. The molecule has 0 saturated carbocycles. The largest absolute Gasteiger partial charge is 0.380 e. The minimum absolute atomic E-state index is 0.0283. The van der Waals surface area contributed by atoms with Gasteiger partial charge in [0.15, 0.2) is 0 Å². The molecular weight excluding hydrogens is 250 g/mol. The van der Waals surface area contributed by atoms with Crippen LogP contribution in [0.15, 0.2) is 6.20 Å². The van der Waals surface area contributed by atoms with Crippen molar-refractivity contribution in [2.24, 2.45) is 5.73 Å². The first-order chi connectivity index (χ1) is 8.60. The van der Waals surface area contributed by atoms with Crippen LogP contribution in [0.1, 0.15) is 23.2 Å². The third-order valence-electron chi connectivity index (χ3n) is 2.75. The molecule has 0 bridgehead atoms. The van der Waals surface area contributed by atoms with Gasteiger partial charge in [-0.2, -0.15) is 0 Å². The molecule has 0 radical (unpaired) electrons. The van der Waals surface area contributed by atoms with Crippen molar-refractivity contribution in [2.75, 3.05) is 20.7 Å². The lowest BCUT2D eigenvalue weighted by molar-refractivity contribution is -0.132. The fourth-order valence-electron chi connectivity index (χ4n) is 1.49. The zero-order valence-corrected chi connectivity index (χ0v) is 12.0. The second kappa shape index (κ2) is 7.45. The number of thiazole rings is 1. The zero-order chi connectivity index (χ0) is 13.5. The molecule has 5 nitrogen and oxygen atoms in total. The Morgan fingerprint density at radius 2 is 2.39 bits per heavy atom. The molecule has 2 N–H and O–H groups in total. The van der Waals surface area contributed by atoms with Crippen LogP contribution >= 0.6 is 11.3 Å². The summed E-state index contributed by atoms with van der Waals surface area (Å²) in [6.07, 6.45) is 2.96. The molecule has 1 unspecified atom stereocenters. The maximum Gasteiger partial charge on any atom is 0.225 e. The summed E-state index contributed by atoms with van der Waals surface area (Å²) < 4.78 is 5.11. The molecule has 0 aromatic carbocycles. The maximum atomic E-state index is 11.9. The Hall–Kier alpha value is -0.980. The lowest BCUT2D eigenvalue weighted by atomic mass is 10.2. The van der Waals surface area contributed by atoms with Gasteiger partial charge in [0.25, 0.3) is 0 Å². The Bertz CT molecular complexity index is 377. The fourth-order valence-corrected chi connectivity index (χ4v) is 2.41. The SMILES string of the molecule is CCc1cnc(CN(C)C(=O)CC(CN)OC)s1. The summed E-state index contributed by atoms with van der Waals surface area (Å²) in [6.45, 7) is 2.99.